The highest BCUT2D eigenvalue weighted by Gasteiger charge is 2.15. The Labute approximate surface area is 129 Å². The van der Waals surface area contributed by atoms with E-state index in [1.165, 1.54) is 13.0 Å². The molecule has 5 nitrogen and oxygen atoms in total. The number of hydrogen-bond donors (Lipinski definition) is 0. The maximum absolute atomic E-state index is 11.5. The van der Waals surface area contributed by atoms with Gasteiger partial charge in [-0.15, -0.1) is 0 Å². The van der Waals surface area contributed by atoms with E-state index in [-0.39, 0.29) is 18.1 Å². The molecule has 0 bridgehead atoms. The summed E-state index contributed by atoms with van der Waals surface area (Å²) in [5.74, 6) is 0.368. The number of Topliss-reactive ketones (excluding diaryl/α,β-unsaturated/α-hetero) is 1. The second-order valence-electron chi connectivity index (χ2n) is 4.35. The fraction of sp³-hybridized carbons (Fsp3) is 0.133. The normalized spacial score (nSPS) is 10.2. The van der Waals surface area contributed by atoms with Crippen LogP contribution in [0.2, 0.25) is 0 Å². The van der Waals surface area contributed by atoms with Gasteiger partial charge in [0.15, 0.2) is 5.78 Å². The van der Waals surface area contributed by atoms with Gasteiger partial charge in [-0.25, -0.2) is 0 Å². The number of ether oxygens (including phenoxy) is 1. The molecule has 0 radical (unpaired) electrons. The molecule has 21 heavy (non-hydrogen) atoms. The summed E-state index contributed by atoms with van der Waals surface area (Å²) >= 11 is 3.21. The van der Waals surface area contributed by atoms with Crippen LogP contribution in [0.3, 0.4) is 0 Å². The van der Waals surface area contributed by atoms with Gasteiger partial charge in [0.05, 0.1) is 10.5 Å². The van der Waals surface area contributed by atoms with Crippen LogP contribution in [0.25, 0.3) is 0 Å². The van der Waals surface area contributed by atoms with Gasteiger partial charge in [-0.1, -0.05) is 24.3 Å². The Morgan fingerprint density at radius 1 is 1.24 bits per heavy atom. The first kappa shape index (κ1) is 15.2. The number of ketones is 1. The molecule has 0 fully saturated rings. The topological polar surface area (TPSA) is 69.4 Å². The molecule has 0 unspecified atom stereocenters. The summed E-state index contributed by atoms with van der Waals surface area (Å²) in [5, 5.41) is 10.9. The van der Waals surface area contributed by atoms with Crippen LogP contribution >= 0.6 is 15.9 Å². The van der Waals surface area contributed by atoms with Gasteiger partial charge >= 0.3 is 0 Å². The summed E-state index contributed by atoms with van der Waals surface area (Å²) in [7, 11) is 0. The Morgan fingerprint density at radius 2 is 1.95 bits per heavy atom. The minimum Gasteiger partial charge on any atom is -0.488 e. The smallest absolute Gasteiger partial charge is 0.283 e. The fourth-order valence-electron chi connectivity index (χ4n) is 1.86. The molecule has 2 aromatic rings. The molecule has 0 spiro atoms. The van der Waals surface area contributed by atoms with Crippen molar-refractivity contribution in [1.82, 2.24) is 0 Å². The Balaban J connectivity index is 2.23. The van der Waals surface area contributed by atoms with E-state index in [1.54, 1.807) is 36.4 Å². The van der Waals surface area contributed by atoms with Crippen LogP contribution in [-0.2, 0) is 6.61 Å². The third-order valence-electron chi connectivity index (χ3n) is 2.90. The molecule has 2 rings (SSSR count). The average molecular weight is 350 g/mol. The Morgan fingerprint density at radius 3 is 2.62 bits per heavy atom. The van der Waals surface area contributed by atoms with E-state index in [0.29, 0.717) is 21.3 Å². The summed E-state index contributed by atoms with van der Waals surface area (Å²) in [6, 6.07) is 11.6. The lowest BCUT2D eigenvalue weighted by molar-refractivity contribution is -0.385. The first-order valence-electron chi connectivity index (χ1n) is 6.15. The SMILES string of the molecule is CC(=O)c1ccccc1OCc1cccc([N+](=O)[O-])c1Br. The third kappa shape index (κ3) is 3.46. The number of benzene rings is 2. The van der Waals surface area contributed by atoms with E-state index >= 15 is 0 Å². The first-order valence-corrected chi connectivity index (χ1v) is 6.94. The maximum Gasteiger partial charge on any atom is 0.283 e. The zero-order chi connectivity index (χ0) is 15.4. The molecule has 0 saturated carbocycles. The number of rotatable bonds is 5. The van der Waals surface area contributed by atoms with Gasteiger partial charge in [0.25, 0.3) is 5.69 Å². The molecule has 0 aliphatic rings. The summed E-state index contributed by atoms with van der Waals surface area (Å²) in [6.45, 7) is 1.60. The quantitative estimate of drug-likeness (QED) is 0.462. The molecule has 108 valence electrons. The highest BCUT2D eigenvalue weighted by molar-refractivity contribution is 9.10. The molecule has 0 saturated heterocycles. The molecule has 0 aliphatic carbocycles. The van der Waals surface area contributed by atoms with Crippen molar-refractivity contribution in [3.05, 3.63) is 68.2 Å². The molecule has 0 heterocycles. The van der Waals surface area contributed by atoms with Crippen molar-refractivity contribution in [2.45, 2.75) is 13.5 Å². The van der Waals surface area contributed by atoms with Crippen LogP contribution in [0, 0.1) is 10.1 Å². The number of para-hydroxylation sites is 1. The minimum absolute atomic E-state index is 0.0176. The molecule has 0 N–H and O–H groups in total. The van der Waals surface area contributed by atoms with E-state index in [4.69, 9.17) is 4.74 Å². The van der Waals surface area contributed by atoms with Crippen LogP contribution in [0.5, 0.6) is 5.75 Å². The van der Waals surface area contributed by atoms with Gasteiger partial charge in [-0.3, -0.25) is 14.9 Å². The summed E-state index contributed by atoms with van der Waals surface area (Å²) in [6.07, 6.45) is 0. The fourth-order valence-corrected chi connectivity index (χ4v) is 2.38. The monoisotopic (exact) mass is 349 g/mol. The van der Waals surface area contributed by atoms with Crippen molar-refractivity contribution < 1.29 is 14.5 Å². The van der Waals surface area contributed by atoms with Crippen molar-refractivity contribution in [2.24, 2.45) is 0 Å². The van der Waals surface area contributed by atoms with Crippen LogP contribution in [-0.4, -0.2) is 10.7 Å². The molecular weight excluding hydrogens is 338 g/mol. The second-order valence-corrected chi connectivity index (χ2v) is 5.14. The van der Waals surface area contributed by atoms with Crippen LogP contribution in [0.1, 0.15) is 22.8 Å². The van der Waals surface area contributed by atoms with Gasteiger partial charge in [-0.2, -0.15) is 0 Å². The van der Waals surface area contributed by atoms with Crippen molar-refractivity contribution in [1.29, 1.82) is 0 Å². The predicted molar refractivity (Wildman–Crippen MR) is 81.6 cm³/mol. The zero-order valence-electron chi connectivity index (χ0n) is 11.2. The van der Waals surface area contributed by atoms with Gasteiger partial charge in [0, 0.05) is 11.6 Å². The van der Waals surface area contributed by atoms with Crippen LogP contribution in [0.15, 0.2) is 46.9 Å². The number of nitro groups is 1. The van der Waals surface area contributed by atoms with Crippen molar-refractivity contribution in [3.63, 3.8) is 0 Å². The minimum atomic E-state index is -0.461. The number of halogens is 1. The van der Waals surface area contributed by atoms with Crippen molar-refractivity contribution in [2.75, 3.05) is 0 Å². The Hall–Kier alpha value is -2.21. The molecule has 2 aromatic carbocycles. The molecule has 0 atom stereocenters. The second kappa shape index (κ2) is 6.49. The van der Waals surface area contributed by atoms with Gasteiger partial charge in [0.1, 0.15) is 16.8 Å². The summed E-state index contributed by atoms with van der Waals surface area (Å²) in [4.78, 5) is 21.9. The molecule has 0 amide bonds. The molecule has 6 heteroatoms. The lowest BCUT2D eigenvalue weighted by Gasteiger charge is -2.10. The van der Waals surface area contributed by atoms with Gasteiger partial charge in [0.2, 0.25) is 0 Å². The summed E-state index contributed by atoms with van der Waals surface area (Å²) in [5.41, 5.74) is 1.11. The standard InChI is InChI=1S/C15H12BrNO4/c1-10(18)12-6-2-3-8-14(12)21-9-11-5-4-7-13(15(11)16)17(19)20/h2-8H,9H2,1H3. The molecule has 0 aliphatic heterocycles. The Kier molecular flexibility index (Phi) is 4.70. The number of carbonyl (C=O) groups is 1. The lowest BCUT2D eigenvalue weighted by atomic mass is 10.1. The molecular formula is C15H12BrNO4. The maximum atomic E-state index is 11.5. The predicted octanol–water partition coefficient (Wildman–Crippen LogP) is 4.14. The van der Waals surface area contributed by atoms with Crippen molar-refractivity contribution >= 4 is 27.4 Å². The zero-order valence-corrected chi connectivity index (χ0v) is 12.8. The van der Waals surface area contributed by atoms with Crippen LogP contribution < -0.4 is 4.74 Å². The highest BCUT2D eigenvalue weighted by Crippen LogP contribution is 2.29. The number of carbonyl (C=O) groups excluding carboxylic acids is 1. The Bertz CT molecular complexity index is 700. The largest absolute Gasteiger partial charge is 0.488 e. The van der Waals surface area contributed by atoms with E-state index in [2.05, 4.69) is 15.9 Å². The van der Waals surface area contributed by atoms with E-state index in [1.807, 2.05) is 0 Å². The first-order chi connectivity index (χ1) is 10.0. The molecule has 0 aromatic heterocycles. The number of nitro benzene ring substituents is 1. The van der Waals surface area contributed by atoms with Crippen molar-refractivity contribution in [3.8, 4) is 5.75 Å². The van der Waals surface area contributed by atoms with Crippen LogP contribution in [0.4, 0.5) is 5.69 Å². The highest BCUT2D eigenvalue weighted by atomic mass is 79.9. The third-order valence-corrected chi connectivity index (χ3v) is 3.82. The number of nitrogens with zero attached hydrogens (tertiary/aromatic N) is 1. The van der Waals surface area contributed by atoms with E-state index in [9.17, 15) is 14.9 Å². The average Bonchev–Trinajstić information content (AvgIpc) is 2.46. The summed E-state index contributed by atoms with van der Waals surface area (Å²) < 4.78 is 6.01. The van der Waals surface area contributed by atoms with E-state index < -0.39 is 4.92 Å². The number of hydrogen-bond acceptors (Lipinski definition) is 4. The van der Waals surface area contributed by atoms with Gasteiger partial charge in [-0.05, 0) is 35.0 Å². The van der Waals surface area contributed by atoms with E-state index in [0.717, 1.165) is 0 Å². The van der Waals surface area contributed by atoms with Gasteiger partial charge < -0.3 is 4.74 Å². The lowest BCUT2D eigenvalue weighted by Crippen LogP contribution is -2.02.